The summed E-state index contributed by atoms with van der Waals surface area (Å²) < 4.78 is 5.41. The smallest absolute Gasteiger partial charge is 0.252 e. The van der Waals surface area contributed by atoms with Crippen molar-refractivity contribution in [3.63, 3.8) is 0 Å². The highest BCUT2D eigenvalue weighted by Gasteiger charge is 2.30. The Labute approximate surface area is 174 Å². The molecule has 0 saturated carbocycles. The Morgan fingerprint density at radius 2 is 2.07 bits per heavy atom. The number of fused-ring (bicyclic) bond motifs is 1. The van der Waals surface area contributed by atoms with Crippen LogP contribution >= 0.6 is 0 Å². The highest BCUT2D eigenvalue weighted by atomic mass is 16.5. The Morgan fingerprint density at radius 1 is 1.23 bits per heavy atom. The van der Waals surface area contributed by atoms with Gasteiger partial charge in [-0.05, 0) is 42.2 Å². The van der Waals surface area contributed by atoms with Crippen molar-refractivity contribution < 1.29 is 9.53 Å². The summed E-state index contributed by atoms with van der Waals surface area (Å²) in [5.74, 6) is 0.720. The Balaban J connectivity index is 1.62. The zero-order valence-electron chi connectivity index (χ0n) is 17.0. The molecule has 2 heterocycles. The summed E-state index contributed by atoms with van der Waals surface area (Å²) in [6, 6.07) is 17.6. The van der Waals surface area contributed by atoms with Gasteiger partial charge in [0, 0.05) is 18.3 Å². The molecular weight excluding hydrogens is 380 g/mol. The number of H-pyrrole nitrogens is 1. The molecule has 154 valence electrons. The van der Waals surface area contributed by atoms with Crippen molar-refractivity contribution in [2.75, 3.05) is 25.5 Å². The van der Waals surface area contributed by atoms with Crippen molar-refractivity contribution >= 4 is 11.9 Å². The average molecular weight is 404 g/mol. The summed E-state index contributed by atoms with van der Waals surface area (Å²) in [5, 5.41) is 2.72. The Bertz CT molecular complexity index is 1130. The van der Waals surface area contributed by atoms with Crippen LogP contribution in [-0.4, -0.2) is 41.0 Å². The molecule has 0 unspecified atom stereocenters. The summed E-state index contributed by atoms with van der Waals surface area (Å²) >= 11 is 0. The number of aryl methyl sites for hydroxylation is 1. The molecular formula is C23H24N4O3. The van der Waals surface area contributed by atoms with E-state index >= 15 is 0 Å². The van der Waals surface area contributed by atoms with Gasteiger partial charge in [0.15, 0.2) is 0 Å². The first-order valence-electron chi connectivity index (χ1n) is 9.87. The van der Waals surface area contributed by atoms with E-state index in [1.807, 2.05) is 30.3 Å². The monoisotopic (exact) mass is 404 g/mol. The molecule has 1 amide bonds. The first kappa shape index (κ1) is 19.8. The highest BCUT2D eigenvalue weighted by molar-refractivity contribution is 5.90. The van der Waals surface area contributed by atoms with Crippen LogP contribution in [0.15, 0.2) is 59.4 Å². The van der Waals surface area contributed by atoms with Gasteiger partial charge in [0.2, 0.25) is 11.9 Å². The van der Waals surface area contributed by atoms with Gasteiger partial charge in [-0.1, -0.05) is 36.4 Å². The number of hydrogen-bond donors (Lipinski definition) is 2. The number of methoxy groups -OCH3 is 1. The molecule has 30 heavy (non-hydrogen) atoms. The van der Waals surface area contributed by atoms with Gasteiger partial charge >= 0.3 is 0 Å². The summed E-state index contributed by atoms with van der Waals surface area (Å²) in [5.41, 5.74) is 3.80. The maximum atomic E-state index is 12.8. The van der Waals surface area contributed by atoms with E-state index in [9.17, 15) is 9.59 Å². The summed E-state index contributed by atoms with van der Waals surface area (Å²) in [6.45, 7) is 2.63. The number of aromatic nitrogens is 2. The van der Waals surface area contributed by atoms with Crippen molar-refractivity contribution in [3.8, 4) is 5.75 Å². The molecule has 4 rings (SSSR count). The number of hydrogen-bond acceptors (Lipinski definition) is 5. The van der Waals surface area contributed by atoms with Crippen LogP contribution in [0.3, 0.4) is 0 Å². The van der Waals surface area contributed by atoms with Crippen molar-refractivity contribution in [3.05, 3.63) is 87.3 Å². The Kier molecular flexibility index (Phi) is 5.63. The molecule has 0 saturated heterocycles. The topological polar surface area (TPSA) is 87.3 Å². The van der Waals surface area contributed by atoms with Gasteiger partial charge in [0.25, 0.3) is 5.56 Å². The molecule has 3 aromatic rings. The van der Waals surface area contributed by atoms with Gasteiger partial charge in [0.1, 0.15) is 5.75 Å². The lowest BCUT2D eigenvalue weighted by Crippen LogP contribution is -2.41. The number of rotatable bonds is 5. The van der Waals surface area contributed by atoms with E-state index in [0.717, 1.165) is 24.3 Å². The summed E-state index contributed by atoms with van der Waals surface area (Å²) in [6.07, 6.45) is 0.865. The van der Waals surface area contributed by atoms with Gasteiger partial charge in [-0.2, -0.15) is 0 Å². The second-order valence-corrected chi connectivity index (χ2v) is 7.38. The minimum Gasteiger partial charge on any atom is -0.497 e. The predicted octanol–water partition coefficient (Wildman–Crippen LogP) is 2.67. The molecule has 0 bridgehead atoms. The molecule has 0 spiro atoms. The maximum Gasteiger partial charge on any atom is 0.252 e. The average Bonchev–Trinajstić information content (AvgIpc) is 2.72. The number of carbonyl (C=O) groups is 1. The number of nitrogens with one attached hydrogen (secondary N) is 2. The predicted molar refractivity (Wildman–Crippen MR) is 115 cm³/mol. The van der Waals surface area contributed by atoms with Crippen LogP contribution in [0.2, 0.25) is 0 Å². The van der Waals surface area contributed by atoms with Gasteiger partial charge in [0.05, 0.1) is 19.7 Å². The van der Waals surface area contributed by atoms with Crippen molar-refractivity contribution in [2.45, 2.75) is 19.4 Å². The number of amides is 1. The van der Waals surface area contributed by atoms with Gasteiger partial charge in [-0.15, -0.1) is 0 Å². The number of ether oxygens (including phenoxy) is 1. The number of anilines is 1. The lowest BCUT2D eigenvalue weighted by Gasteiger charge is -2.37. The molecule has 7 nitrogen and oxygen atoms in total. The molecule has 1 aliphatic heterocycles. The van der Waals surface area contributed by atoms with Gasteiger partial charge in [-0.3, -0.25) is 24.8 Å². The minimum absolute atomic E-state index is 0.0692. The third-order valence-electron chi connectivity index (χ3n) is 5.27. The van der Waals surface area contributed by atoms with Crippen LogP contribution in [0, 0.1) is 6.92 Å². The third kappa shape index (κ3) is 4.26. The molecule has 1 atom stereocenters. The lowest BCUT2D eigenvalue weighted by atomic mass is 9.88. The molecule has 2 N–H and O–H groups in total. The second kappa shape index (κ2) is 8.51. The van der Waals surface area contributed by atoms with Crippen LogP contribution in [0.1, 0.15) is 28.4 Å². The molecule has 0 fully saturated rings. The Morgan fingerprint density at radius 3 is 2.87 bits per heavy atom. The highest BCUT2D eigenvalue weighted by Crippen LogP contribution is 2.36. The maximum absolute atomic E-state index is 12.8. The normalized spacial score (nSPS) is 16.0. The zero-order valence-corrected chi connectivity index (χ0v) is 17.0. The molecule has 0 radical (unpaired) electrons. The third-order valence-corrected chi connectivity index (χ3v) is 5.27. The summed E-state index contributed by atoms with van der Waals surface area (Å²) in [4.78, 5) is 33.3. The van der Waals surface area contributed by atoms with Crippen LogP contribution < -0.4 is 15.6 Å². The van der Waals surface area contributed by atoms with E-state index in [4.69, 9.17) is 4.74 Å². The van der Waals surface area contributed by atoms with Crippen LogP contribution in [-0.2, 0) is 11.2 Å². The van der Waals surface area contributed by atoms with E-state index in [0.29, 0.717) is 5.69 Å². The van der Waals surface area contributed by atoms with Crippen LogP contribution in [0.25, 0.3) is 0 Å². The molecule has 7 heteroatoms. The van der Waals surface area contributed by atoms with Crippen molar-refractivity contribution in [1.82, 2.24) is 14.9 Å². The standard InChI is InChI=1S/C23H24N4O3/c1-15-12-20(28)25-23(24-15)26-21(29)14-27-11-10-16-6-3-4-9-19(16)22(27)17-7-5-8-18(13-17)30-2/h3-9,12-13,22H,10-11,14H2,1-2H3,(H2,24,25,26,28,29)/t22-/m1/s1. The van der Waals surface area contributed by atoms with E-state index in [-0.39, 0.29) is 30.0 Å². The van der Waals surface area contributed by atoms with Gasteiger partial charge < -0.3 is 4.74 Å². The minimum atomic E-state index is -0.293. The first-order valence-corrected chi connectivity index (χ1v) is 9.87. The Hall–Kier alpha value is -3.45. The SMILES string of the molecule is COc1cccc([C@@H]2c3ccccc3CCN2CC(=O)Nc2nc(C)cc(=O)[nH]2)c1. The summed E-state index contributed by atoms with van der Waals surface area (Å²) in [7, 11) is 1.65. The molecule has 1 aliphatic rings. The van der Waals surface area contributed by atoms with Crippen LogP contribution in [0.4, 0.5) is 5.95 Å². The molecule has 0 aliphatic carbocycles. The van der Waals surface area contributed by atoms with E-state index in [1.54, 1.807) is 14.0 Å². The van der Waals surface area contributed by atoms with Crippen molar-refractivity contribution in [2.24, 2.45) is 0 Å². The van der Waals surface area contributed by atoms with E-state index < -0.39 is 0 Å². The number of benzene rings is 2. The zero-order chi connectivity index (χ0) is 21.1. The fourth-order valence-electron chi connectivity index (χ4n) is 3.99. The number of aromatic amines is 1. The van der Waals surface area contributed by atoms with E-state index in [2.05, 4.69) is 38.4 Å². The fraction of sp³-hybridized carbons (Fsp3) is 0.261. The second-order valence-electron chi connectivity index (χ2n) is 7.38. The van der Waals surface area contributed by atoms with Crippen molar-refractivity contribution in [1.29, 1.82) is 0 Å². The van der Waals surface area contributed by atoms with Crippen LogP contribution in [0.5, 0.6) is 5.75 Å². The quantitative estimate of drug-likeness (QED) is 0.683. The molecule has 1 aromatic heterocycles. The molecule has 2 aromatic carbocycles. The first-order chi connectivity index (χ1) is 14.5. The number of carbonyl (C=O) groups excluding carboxylic acids is 1. The fourth-order valence-corrected chi connectivity index (χ4v) is 3.99. The van der Waals surface area contributed by atoms with Gasteiger partial charge in [-0.25, -0.2) is 4.98 Å². The lowest BCUT2D eigenvalue weighted by molar-refractivity contribution is -0.117. The largest absolute Gasteiger partial charge is 0.497 e. The number of nitrogens with zero attached hydrogens (tertiary/aromatic N) is 2. The van der Waals surface area contributed by atoms with E-state index in [1.165, 1.54) is 17.2 Å².